The van der Waals surface area contributed by atoms with Crippen molar-refractivity contribution in [2.45, 2.75) is 17.4 Å². The van der Waals surface area contributed by atoms with Crippen LogP contribution in [0.3, 0.4) is 0 Å². The molecule has 0 bridgehead atoms. The number of hydrogen-bond acceptors (Lipinski definition) is 8. The van der Waals surface area contributed by atoms with Crippen LogP contribution in [0.5, 0.6) is 5.88 Å². The normalized spacial score (nSPS) is 17.6. The van der Waals surface area contributed by atoms with Gasteiger partial charge in [0.1, 0.15) is 6.10 Å². The summed E-state index contributed by atoms with van der Waals surface area (Å²) in [6.45, 7) is 0.476. The quantitative estimate of drug-likeness (QED) is 0.532. The van der Waals surface area contributed by atoms with Gasteiger partial charge >= 0.3 is 0 Å². The molecule has 1 aromatic carbocycles. The highest BCUT2D eigenvalue weighted by molar-refractivity contribution is 7.89. The van der Waals surface area contributed by atoms with Gasteiger partial charge in [-0.1, -0.05) is 0 Å². The zero-order valence-electron chi connectivity index (χ0n) is 14.8. The Bertz CT molecular complexity index is 915. The second-order valence-electron chi connectivity index (χ2n) is 6.27. The summed E-state index contributed by atoms with van der Waals surface area (Å²) < 4.78 is 32.4. The monoisotopic (exact) mass is 393 g/mol. The molecule has 1 saturated heterocycles. The van der Waals surface area contributed by atoms with Crippen molar-refractivity contribution in [1.29, 1.82) is 0 Å². The van der Waals surface area contributed by atoms with Gasteiger partial charge in [-0.25, -0.2) is 8.42 Å². The van der Waals surface area contributed by atoms with Crippen molar-refractivity contribution in [3.05, 3.63) is 46.5 Å². The molecule has 0 aliphatic carbocycles. The van der Waals surface area contributed by atoms with E-state index in [4.69, 9.17) is 4.74 Å². The summed E-state index contributed by atoms with van der Waals surface area (Å²) in [5.41, 5.74) is -0.156. The van der Waals surface area contributed by atoms with Gasteiger partial charge < -0.3 is 9.64 Å². The van der Waals surface area contributed by atoms with Gasteiger partial charge in [-0.05, 0) is 24.6 Å². The Morgan fingerprint density at radius 1 is 1.19 bits per heavy atom. The van der Waals surface area contributed by atoms with Crippen molar-refractivity contribution < 1.29 is 18.1 Å². The van der Waals surface area contributed by atoms with Crippen LogP contribution < -0.4 is 9.64 Å². The maximum atomic E-state index is 12.7. The van der Waals surface area contributed by atoms with Crippen molar-refractivity contribution in [2.24, 2.45) is 0 Å². The summed E-state index contributed by atoms with van der Waals surface area (Å²) in [6, 6.07) is 8.30. The van der Waals surface area contributed by atoms with Crippen LogP contribution >= 0.6 is 0 Å². The van der Waals surface area contributed by atoms with E-state index >= 15 is 0 Å². The molecule has 0 spiro atoms. The Kier molecular flexibility index (Phi) is 5.24. The molecule has 1 aliphatic rings. The highest BCUT2D eigenvalue weighted by Crippen LogP contribution is 2.25. The van der Waals surface area contributed by atoms with Crippen LogP contribution in [-0.2, 0) is 10.0 Å². The Balaban J connectivity index is 1.66. The summed E-state index contributed by atoms with van der Waals surface area (Å²) in [6.07, 6.45) is 0.181. The molecule has 0 N–H and O–H groups in total. The Morgan fingerprint density at radius 3 is 2.44 bits per heavy atom. The molecule has 10 nitrogen and oxygen atoms in total. The number of ether oxygens (including phenoxy) is 1. The molecule has 27 heavy (non-hydrogen) atoms. The number of anilines is 1. The predicted molar refractivity (Wildman–Crippen MR) is 97.2 cm³/mol. The van der Waals surface area contributed by atoms with Crippen LogP contribution in [0.15, 0.2) is 41.3 Å². The summed E-state index contributed by atoms with van der Waals surface area (Å²) in [5.74, 6) is 1.02. The molecular formula is C16H19N5O5S. The highest BCUT2D eigenvalue weighted by atomic mass is 32.2. The first-order valence-electron chi connectivity index (χ1n) is 8.19. The summed E-state index contributed by atoms with van der Waals surface area (Å²) in [7, 11) is -0.0370. The maximum absolute atomic E-state index is 12.7. The lowest BCUT2D eigenvalue weighted by Crippen LogP contribution is -2.31. The Labute approximate surface area is 156 Å². The SMILES string of the molecule is CN(C)c1ccc(OC2CCN(S(=O)(=O)c3ccc([N+](=O)[O-])cc3)C2)nn1. The van der Waals surface area contributed by atoms with Gasteiger partial charge in [-0.2, -0.15) is 4.31 Å². The van der Waals surface area contributed by atoms with E-state index < -0.39 is 14.9 Å². The van der Waals surface area contributed by atoms with Crippen molar-refractivity contribution in [3.8, 4) is 5.88 Å². The van der Waals surface area contributed by atoms with Crippen LogP contribution in [0.1, 0.15) is 6.42 Å². The molecule has 1 atom stereocenters. The minimum atomic E-state index is -3.74. The van der Waals surface area contributed by atoms with Crippen LogP contribution in [0, 0.1) is 10.1 Å². The fraction of sp³-hybridized carbons (Fsp3) is 0.375. The number of aromatic nitrogens is 2. The van der Waals surface area contributed by atoms with E-state index in [1.807, 2.05) is 19.0 Å². The fourth-order valence-electron chi connectivity index (χ4n) is 2.69. The maximum Gasteiger partial charge on any atom is 0.269 e. The molecule has 1 unspecified atom stereocenters. The minimum absolute atomic E-state index is 0.0175. The Morgan fingerprint density at radius 2 is 1.89 bits per heavy atom. The average Bonchev–Trinajstić information content (AvgIpc) is 3.11. The van der Waals surface area contributed by atoms with Crippen molar-refractivity contribution >= 4 is 21.5 Å². The fourth-order valence-corrected chi connectivity index (χ4v) is 4.17. The average molecular weight is 393 g/mol. The molecule has 2 heterocycles. The number of sulfonamides is 1. The van der Waals surface area contributed by atoms with Gasteiger partial charge in [-0.15, -0.1) is 10.2 Å². The first-order valence-corrected chi connectivity index (χ1v) is 9.63. The lowest BCUT2D eigenvalue weighted by Gasteiger charge is -2.17. The van der Waals surface area contributed by atoms with Crippen molar-refractivity contribution in [3.63, 3.8) is 0 Å². The summed E-state index contributed by atoms with van der Waals surface area (Å²) in [4.78, 5) is 12.0. The van der Waals surface area contributed by atoms with E-state index in [9.17, 15) is 18.5 Å². The van der Waals surface area contributed by atoms with Crippen LogP contribution in [0.4, 0.5) is 11.5 Å². The number of non-ortho nitro benzene ring substituents is 1. The first kappa shape index (κ1) is 19.0. The number of rotatable bonds is 6. The van der Waals surface area contributed by atoms with Crippen molar-refractivity contribution in [2.75, 3.05) is 32.1 Å². The van der Waals surface area contributed by atoms with Crippen LogP contribution in [0.25, 0.3) is 0 Å². The minimum Gasteiger partial charge on any atom is -0.472 e. The number of nitrogens with zero attached hydrogens (tertiary/aromatic N) is 5. The topological polar surface area (TPSA) is 119 Å². The van der Waals surface area contributed by atoms with E-state index in [1.165, 1.54) is 28.6 Å². The van der Waals surface area contributed by atoms with E-state index in [0.717, 1.165) is 0 Å². The van der Waals surface area contributed by atoms with Crippen LogP contribution in [-0.4, -0.2) is 61.1 Å². The molecule has 3 rings (SSSR count). The van der Waals surface area contributed by atoms with Gasteiger partial charge in [0.2, 0.25) is 15.9 Å². The largest absolute Gasteiger partial charge is 0.472 e. The van der Waals surface area contributed by atoms with E-state index in [2.05, 4.69) is 10.2 Å². The van der Waals surface area contributed by atoms with E-state index in [-0.39, 0.29) is 23.2 Å². The second kappa shape index (κ2) is 7.45. The van der Waals surface area contributed by atoms with Gasteiger partial charge in [0.15, 0.2) is 5.82 Å². The first-order chi connectivity index (χ1) is 12.8. The molecule has 144 valence electrons. The zero-order chi connectivity index (χ0) is 19.6. The standard InChI is InChI=1S/C16H19N5O5S/c1-19(2)15-7-8-16(18-17-15)26-13-9-10-20(11-13)27(24,25)14-5-3-12(4-6-14)21(22)23/h3-8,13H,9-11H2,1-2H3. The van der Waals surface area contributed by atoms with Gasteiger partial charge in [-0.3, -0.25) is 10.1 Å². The zero-order valence-corrected chi connectivity index (χ0v) is 15.7. The van der Waals surface area contributed by atoms with Gasteiger partial charge in [0.05, 0.1) is 16.4 Å². The second-order valence-corrected chi connectivity index (χ2v) is 8.20. The van der Waals surface area contributed by atoms with E-state index in [1.54, 1.807) is 12.1 Å². The Hall–Kier alpha value is -2.79. The molecule has 1 aromatic heterocycles. The molecule has 11 heteroatoms. The smallest absolute Gasteiger partial charge is 0.269 e. The number of nitro benzene ring substituents is 1. The van der Waals surface area contributed by atoms with Crippen LogP contribution in [0.2, 0.25) is 0 Å². The number of benzene rings is 1. The van der Waals surface area contributed by atoms with Crippen molar-refractivity contribution in [1.82, 2.24) is 14.5 Å². The molecule has 1 aliphatic heterocycles. The molecular weight excluding hydrogens is 374 g/mol. The lowest BCUT2D eigenvalue weighted by molar-refractivity contribution is -0.384. The molecule has 1 fully saturated rings. The third kappa shape index (κ3) is 4.14. The number of hydrogen-bond donors (Lipinski definition) is 0. The molecule has 2 aromatic rings. The number of nitro groups is 1. The molecule has 0 saturated carbocycles. The van der Waals surface area contributed by atoms with E-state index in [0.29, 0.717) is 24.7 Å². The predicted octanol–water partition coefficient (Wildman–Crippen LogP) is 1.29. The van der Waals surface area contributed by atoms with Gasteiger partial charge in [0.25, 0.3) is 5.69 Å². The molecule has 0 amide bonds. The van der Waals surface area contributed by atoms with Gasteiger partial charge in [0, 0.05) is 38.8 Å². The summed E-state index contributed by atoms with van der Waals surface area (Å²) >= 11 is 0. The third-order valence-electron chi connectivity index (χ3n) is 4.16. The molecule has 0 radical (unpaired) electrons. The summed E-state index contributed by atoms with van der Waals surface area (Å²) in [5, 5.41) is 18.7. The lowest BCUT2D eigenvalue weighted by atomic mass is 10.3. The third-order valence-corrected chi connectivity index (χ3v) is 6.04. The highest BCUT2D eigenvalue weighted by Gasteiger charge is 2.34.